The van der Waals surface area contributed by atoms with Crippen LogP contribution in [0.25, 0.3) is 11.0 Å². The maximum atomic E-state index is 11.2. The van der Waals surface area contributed by atoms with Gasteiger partial charge in [0.05, 0.1) is 18.2 Å². The highest BCUT2D eigenvalue weighted by Gasteiger charge is 2.46. The maximum absolute atomic E-state index is 11.2. The van der Waals surface area contributed by atoms with Gasteiger partial charge in [-0.05, 0) is 60.7 Å². The fourth-order valence-electron chi connectivity index (χ4n) is 5.14. The van der Waals surface area contributed by atoms with Crippen LogP contribution in [0.1, 0.15) is 40.8 Å². The van der Waals surface area contributed by atoms with E-state index in [0.717, 1.165) is 47.2 Å². The van der Waals surface area contributed by atoms with Crippen molar-refractivity contribution in [1.29, 1.82) is 0 Å². The summed E-state index contributed by atoms with van der Waals surface area (Å²) >= 11 is 0. The number of aliphatic hydroxyl groups excluding tert-OH is 3. The van der Waals surface area contributed by atoms with Crippen molar-refractivity contribution in [2.75, 3.05) is 6.54 Å². The molecule has 0 amide bonds. The van der Waals surface area contributed by atoms with Crippen LogP contribution in [0.5, 0.6) is 0 Å². The molecule has 152 valence electrons. The van der Waals surface area contributed by atoms with Gasteiger partial charge in [-0.3, -0.25) is 0 Å². The Hall–Kier alpha value is -2.25. The third-order valence-corrected chi connectivity index (χ3v) is 6.79. The molecule has 1 aliphatic heterocycles. The van der Waals surface area contributed by atoms with Crippen molar-refractivity contribution >= 4 is 11.0 Å². The number of benzene rings is 1. The summed E-state index contributed by atoms with van der Waals surface area (Å²) in [6, 6.07) is 9.66. The van der Waals surface area contributed by atoms with Crippen LogP contribution >= 0.6 is 0 Å². The summed E-state index contributed by atoms with van der Waals surface area (Å²) in [4.78, 5) is 4.49. The number of rotatable bonds is 3. The zero-order valence-electron chi connectivity index (χ0n) is 16.5. The first-order valence-electron chi connectivity index (χ1n) is 10.3. The summed E-state index contributed by atoms with van der Waals surface area (Å²) in [5, 5.41) is 37.3. The lowest BCUT2D eigenvalue weighted by Gasteiger charge is -2.27. The van der Waals surface area contributed by atoms with Crippen LogP contribution < -0.4 is 5.32 Å². The third-order valence-electron chi connectivity index (χ3n) is 6.79. The second kappa shape index (κ2) is 7.22. The molecule has 5 rings (SSSR count). The van der Waals surface area contributed by atoms with Crippen LogP contribution in [0.2, 0.25) is 0 Å². The van der Waals surface area contributed by atoms with Crippen LogP contribution in [0.15, 0.2) is 42.7 Å². The molecule has 4 N–H and O–H groups in total. The van der Waals surface area contributed by atoms with E-state index in [2.05, 4.69) is 16.4 Å². The molecule has 1 aromatic carbocycles. The SMILES string of the molecule is Cc1ccnc2c1ccn2C1CC(C(O)c2cccc3c2CNCC3)[C@@H](O)[C@H]1O. The highest BCUT2D eigenvalue weighted by atomic mass is 16.3. The molecule has 1 fully saturated rings. The number of aliphatic hydroxyl groups is 3. The van der Waals surface area contributed by atoms with Crippen molar-refractivity contribution in [3.8, 4) is 0 Å². The topological polar surface area (TPSA) is 90.5 Å². The van der Waals surface area contributed by atoms with Gasteiger partial charge in [0.1, 0.15) is 11.8 Å². The van der Waals surface area contributed by atoms with Crippen molar-refractivity contribution in [3.05, 3.63) is 65.0 Å². The van der Waals surface area contributed by atoms with Crippen molar-refractivity contribution < 1.29 is 15.3 Å². The Morgan fingerprint density at radius 3 is 2.90 bits per heavy atom. The third kappa shape index (κ3) is 2.99. The summed E-state index contributed by atoms with van der Waals surface area (Å²) in [5.74, 6) is -0.439. The second-order valence-corrected chi connectivity index (χ2v) is 8.39. The predicted molar refractivity (Wildman–Crippen MR) is 110 cm³/mol. The number of nitrogens with zero attached hydrogens (tertiary/aromatic N) is 2. The zero-order valence-corrected chi connectivity index (χ0v) is 16.5. The van der Waals surface area contributed by atoms with E-state index in [4.69, 9.17) is 0 Å². The second-order valence-electron chi connectivity index (χ2n) is 8.39. The van der Waals surface area contributed by atoms with Gasteiger partial charge >= 0.3 is 0 Å². The van der Waals surface area contributed by atoms with Gasteiger partial charge in [0, 0.05) is 30.2 Å². The van der Waals surface area contributed by atoms with E-state index in [1.54, 1.807) is 6.20 Å². The Morgan fingerprint density at radius 1 is 1.17 bits per heavy atom. The van der Waals surface area contributed by atoms with Gasteiger partial charge in [-0.25, -0.2) is 4.98 Å². The van der Waals surface area contributed by atoms with Crippen LogP contribution in [0.4, 0.5) is 0 Å². The van der Waals surface area contributed by atoms with Crippen LogP contribution in [-0.4, -0.2) is 43.6 Å². The molecule has 0 spiro atoms. The first-order valence-corrected chi connectivity index (χ1v) is 10.3. The number of hydrogen-bond donors (Lipinski definition) is 4. The van der Waals surface area contributed by atoms with Crippen molar-refractivity contribution in [2.24, 2.45) is 5.92 Å². The van der Waals surface area contributed by atoms with Crippen molar-refractivity contribution in [2.45, 2.75) is 50.7 Å². The Bertz CT molecular complexity index is 1050. The van der Waals surface area contributed by atoms with Crippen molar-refractivity contribution in [3.63, 3.8) is 0 Å². The molecule has 6 heteroatoms. The summed E-state index contributed by atoms with van der Waals surface area (Å²) in [5.41, 5.74) is 5.17. The van der Waals surface area contributed by atoms with E-state index in [-0.39, 0.29) is 6.04 Å². The number of pyridine rings is 1. The monoisotopic (exact) mass is 393 g/mol. The van der Waals surface area contributed by atoms with E-state index in [1.165, 1.54) is 5.56 Å². The van der Waals surface area contributed by atoms with Crippen molar-refractivity contribution in [1.82, 2.24) is 14.9 Å². The lowest BCUT2D eigenvalue weighted by molar-refractivity contribution is -0.0267. The normalized spacial score (nSPS) is 27.9. The molecular formula is C23H27N3O3. The lowest BCUT2D eigenvalue weighted by Crippen LogP contribution is -2.32. The molecule has 2 aromatic heterocycles. The number of aryl methyl sites for hydroxylation is 1. The zero-order chi connectivity index (χ0) is 20.1. The van der Waals surface area contributed by atoms with Crippen LogP contribution in [-0.2, 0) is 13.0 Å². The molecule has 29 heavy (non-hydrogen) atoms. The van der Waals surface area contributed by atoms with E-state index in [9.17, 15) is 15.3 Å². The lowest BCUT2D eigenvalue weighted by atomic mass is 9.86. The summed E-state index contributed by atoms with van der Waals surface area (Å²) in [7, 11) is 0. The molecular weight excluding hydrogens is 366 g/mol. The van der Waals surface area contributed by atoms with Gasteiger partial charge in [0.15, 0.2) is 0 Å². The van der Waals surface area contributed by atoms with Gasteiger partial charge in [-0.1, -0.05) is 18.2 Å². The molecule has 3 unspecified atom stereocenters. The Morgan fingerprint density at radius 2 is 2.03 bits per heavy atom. The van der Waals surface area contributed by atoms with Gasteiger partial charge < -0.3 is 25.2 Å². The minimum absolute atomic E-state index is 0.325. The molecule has 1 saturated carbocycles. The average Bonchev–Trinajstić information content (AvgIpc) is 3.29. The average molecular weight is 393 g/mol. The largest absolute Gasteiger partial charge is 0.390 e. The number of hydrogen-bond acceptors (Lipinski definition) is 5. The molecule has 0 saturated heterocycles. The Labute approximate surface area is 169 Å². The number of aromatic nitrogens is 2. The van der Waals surface area contributed by atoms with E-state index < -0.39 is 24.2 Å². The maximum Gasteiger partial charge on any atom is 0.140 e. The highest BCUT2D eigenvalue weighted by Crippen LogP contribution is 2.44. The number of nitrogens with one attached hydrogen (secondary N) is 1. The van der Waals surface area contributed by atoms with E-state index >= 15 is 0 Å². The first-order chi connectivity index (χ1) is 14.1. The molecule has 6 nitrogen and oxygen atoms in total. The molecule has 3 heterocycles. The van der Waals surface area contributed by atoms with Gasteiger partial charge in [-0.2, -0.15) is 0 Å². The van der Waals surface area contributed by atoms with E-state index in [0.29, 0.717) is 6.42 Å². The van der Waals surface area contributed by atoms with Gasteiger partial charge in [0.2, 0.25) is 0 Å². The molecule has 5 atom stereocenters. The fraction of sp³-hybridized carbons (Fsp3) is 0.435. The standard InChI is InChI=1S/C23H27N3O3/c1-13-5-9-25-23-15(13)7-10-26(23)19-11-17(21(28)22(19)29)20(27)16-4-2-3-14-6-8-24-12-18(14)16/h2-5,7,9-10,17,19-22,24,27-29H,6,8,11-12H2,1H3/t17?,19?,20?,21-,22+/m1/s1. The van der Waals surface area contributed by atoms with Crippen LogP contribution in [0, 0.1) is 12.8 Å². The first kappa shape index (κ1) is 18.8. The quantitative estimate of drug-likeness (QED) is 0.547. The minimum atomic E-state index is -0.996. The summed E-state index contributed by atoms with van der Waals surface area (Å²) in [6.45, 7) is 3.70. The molecule has 1 aliphatic carbocycles. The smallest absolute Gasteiger partial charge is 0.140 e. The summed E-state index contributed by atoms with van der Waals surface area (Å²) < 4.78 is 1.95. The fourth-order valence-corrected chi connectivity index (χ4v) is 5.14. The number of fused-ring (bicyclic) bond motifs is 2. The predicted octanol–water partition coefficient (Wildman–Crippen LogP) is 2.01. The summed E-state index contributed by atoms with van der Waals surface area (Å²) in [6.07, 6.45) is 2.34. The molecule has 3 aromatic rings. The molecule has 0 radical (unpaired) electrons. The van der Waals surface area contributed by atoms with Gasteiger partial charge in [-0.15, -0.1) is 0 Å². The Kier molecular flexibility index (Phi) is 4.67. The highest BCUT2D eigenvalue weighted by molar-refractivity contribution is 5.79. The van der Waals surface area contributed by atoms with Crippen LogP contribution in [0.3, 0.4) is 0 Å². The van der Waals surface area contributed by atoms with E-state index in [1.807, 2.05) is 42.0 Å². The van der Waals surface area contributed by atoms with Gasteiger partial charge in [0.25, 0.3) is 0 Å². The molecule has 0 bridgehead atoms. The Balaban J connectivity index is 1.48. The minimum Gasteiger partial charge on any atom is -0.390 e. The molecule has 2 aliphatic rings.